The summed E-state index contributed by atoms with van der Waals surface area (Å²) < 4.78 is 16.5. The second-order valence-electron chi connectivity index (χ2n) is 6.93. The summed E-state index contributed by atoms with van der Waals surface area (Å²) in [6.07, 6.45) is -11.3. The second-order valence-corrected chi connectivity index (χ2v) is 6.93. The molecule has 28 heavy (non-hydrogen) atoms. The Morgan fingerprint density at radius 1 is 0.821 bits per heavy atom. The fourth-order valence-corrected chi connectivity index (χ4v) is 3.37. The lowest BCUT2D eigenvalue weighted by atomic mass is 9.99. The average Bonchev–Trinajstić information content (AvgIpc) is 3.02. The zero-order valence-corrected chi connectivity index (χ0v) is 15.1. The molecule has 1 unspecified atom stereocenters. The van der Waals surface area contributed by atoms with Crippen LogP contribution in [0.4, 0.5) is 0 Å². The molecule has 1 aromatic rings. The highest BCUT2D eigenvalue weighted by molar-refractivity contribution is 5.14. The quantitative estimate of drug-likeness (QED) is 0.251. The van der Waals surface area contributed by atoms with Crippen LogP contribution in [-0.2, 0) is 20.8 Å². The average molecular weight is 401 g/mol. The van der Waals surface area contributed by atoms with E-state index in [2.05, 4.69) is 5.32 Å². The Morgan fingerprint density at radius 2 is 1.50 bits per heavy atom. The third kappa shape index (κ3) is 4.52. The van der Waals surface area contributed by atoms with Crippen LogP contribution in [-0.4, -0.2) is 99.1 Å². The standard InChI is InChI=1S/C18H27NO9/c20-7-10-12(22)13(23)14(24)18(27-10)28-16-11(8-21)26-17(15(16)25)19-6-9-4-2-1-3-5-9/h1-5,10-25H,6-8H2/t10-,11-,12+,13+,14-,15+,16-,17?,18+/m1/s1. The number of ether oxygens (including phenoxy) is 3. The Hall–Kier alpha value is -1.18. The van der Waals surface area contributed by atoms with E-state index in [1.807, 2.05) is 30.3 Å². The van der Waals surface area contributed by atoms with Gasteiger partial charge in [-0.2, -0.15) is 0 Å². The van der Waals surface area contributed by atoms with Crippen molar-refractivity contribution in [3.05, 3.63) is 35.9 Å². The van der Waals surface area contributed by atoms with E-state index in [-0.39, 0.29) is 0 Å². The minimum absolute atomic E-state index is 0.410. The number of aliphatic hydroxyl groups excluding tert-OH is 6. The first-order valence-electron chi connectivity index (χ1n) is 9.14. The zero-order chi connectivity index (χ0) is 20.3. The Bertz CT molecular complexity index is 604. The number of hydrogen-bond acceptors (Lipinski definition) is 10. The van der Waals surface area contributed by atoms with E-state index in [0.717, 1.165) is 5.56 Å². The lowest BCUT2D eigenvalue weighted by Crippen LogP contribution is -2.60. The molecule has 0 spiro atoms. The van der Waals surface area contributed by atoms with Gasteiger partial charge in [0.2, 0.25) is 0 Å². The van der Waals surface area contributed by atoms with Gasteiger partial charge in [-0.25, -0.2) is 0 Å². The molecule has 0 bridgehead atoms. The van der Waals surface area contributed by atoms with Gasteiger partial charge in [-0.1, -0.05) is 30.3 Å². The molecule has 2 aliphatic rings. The normalized spacial score (nSPS) is 41.3. The first-order valence-corrected chi connectivity index (χ1v) is 9.14. The van der Waals surface area contributed by atoms with Gasteiger partial charge < -0.3 is 44.8 Å². The largest absolute Gasteiger partial charge is 0.394 e. The molecular formula is C18H27NO9. The van der Waals surface area contributed by atoms with E-state index in [9.17, 15) is 30.6 Å². The summed E-state index contributed by atoms with van der Waals surface area (Å²) in [5, 5.41) is 62.2. The molecule has 10 heteroatoms. The summed E-state index contributed by atoms with van der Waals surface area (Å²) in [7, 11) is 0. The van der Waals surface area contributed by atoms with Crippen molar-refractivity contribution in [2.24, 2.45) is 0 Å². The monoisotopic (exact) mass is 401 g/mol. The molecule has 3 rings (SSSR count). The molecule has 2 heterocycles. The van der Waals surface area contributed by atoms with Crippen LogP contribution in [0.5, 0.6) is 0 Å². The number of nitrogens with one attached hydrogen (secondary N) is 1. The van der Waals surface area contributed by atoms with Crippen LogP contribution < -0.4 is 5.32 Å². The summed E-state index contributed by atoms with van der Waals surface area (Å²) in [5.41, 5.74) is 0.970. The van der Waals surface area contributed by atoms with E-state index in [0.29, 0.717) is 6.54 Å². The van der Waals surface area contributed by atoms with Gasteiger partial charge in [0, 0.05) is 6.54 Å². The molecule has 158 valence electrons. The predicted octanol–water partition coefficient (Wildman–Crippen LogP) is -2.96. The molecule has 0 aliphatic carbocycles. The SMILES string of the molecule is OC[C@H]1O[C@@H](O[C@H]2[C@H](O)C(NCc3ccccc3)O[C@@H]2CO)[C@H](O)[C@@H](O)[C@H]1O. The maximum Gasteiger partial charge on any atom is 0.187 e. The van der Waals surface area contributed by atoms with Crippen molar-refractivity contribution < 1.29 is 44.8 Å². The molecule has 0 amide bonds. The van der Waals surface area contributed by atoms with Crippen LogP contribution >= 0.6 is 0 Å². The fraction of sp³-hybridized carbons (Fsp3) is 0.667. The Kier molecular flexibility index (Phi) is 7.34. The maximum atomic E-state index is 10.6. The van der Waals surface area contributed by atoms with Crippen LogP contribution in [0, 0.1) is 0 Å². The minimum atomic E-state index is -1.61. The van der Waals surface area contributed by atoms with Crippen LogP contribution in [0.15, 0.2) is 30.3 Å². The van der Waals surface area contributed by atoms with Crippen molar-refractivity contribution >= 4 is 0 Å². The third-order valence-electron chi connectivity index (χ3n) is 5.00. The van der Waals surface area contributed by atoms with Gasteiger partial charge in [0.25, 0.3) is 0 Å². The molecule has 0 saturated carbocycles. The Balaban J connectivity index is 1.63. The molecular weight excluding hydrogens is 374 g/mol. The second kappa shape index (κ2) is 9.55. The first-order chi connectivity index (χ1) is 13.5. The summed E-state index contributed by atoms with van der Waals surface area (Å²) in [5.74, 6) is 0. The van der Waals surface area contributed by atoms with Crippen molar-refractivity contribution in [3.63, 3.8) is 0 Å². The molecule has 1 aromatic carbocycles. The molecule has 0 aromatic heterocycles. The van der Waals surface area contributed by atoms with Crippen LogP contribution in [0.3, 0.4) is 0 Å². The van der Waals surface area contributed by atoms with Crippen molar-refractivity contribution in [1.29, 1.82) is 0 Å². The van der Waals surface area contributed by atoms with Crippen molar-refractivity contribution in [2.45, 2.75) is 61.8 Å². The minimum Gasteiger partial charge on any atom is -0.394 e. The predicted molar refractivity (Wildman–Crippen MR) is 93.7 cm³/mol. The van der Waals surface area contributed by atoms with Crippen molar-refractivity contribution in [2.75, 3.05) is 13.2 Å². The molecule has 7 N–H and O–H groups in total. The van der Waals surface area contributed by atoms with Gasteiger partial charge in [0.05, 0.1) is 13.2 Å². The van der Waals surface area contributed by atoms with Gasteiger partial charge >= 0.3 is 0 Å². The number of benzene rings is 1. The molecule has 2 saturated heterocycles. The van der Waals surface area contributed by atoms with E-state index in [1.54, 1.807) is 0 Å². The topological polar surface area (TPSA) is 161 Å². The Labute approximate surface area is 161 Å². The van der Waals surface area contributed by atoms with E-state index in [4.69, 9.17) is 14.2 Å². The lowest BCUT2D eigenvalue weighted by molar-refractivity contribution is -0.318. The van der Waals surface area contributed by atoms with E-state index >= 15 is 0 Å². The number of rotatable bonds is 7. The van der Waals surface area contributed by atoms with Gasteiger partial charge in [-0.05, 0) is 5.56 Å². The maximum absolute atomic E-state index is 10.6. The number of hydrogen-bond donors (Lipinski definition) is 7. The van der Waals surface area contributed by atoms with E-state index in [1.165, 1.54) is 0 Å². The molecule has 10 nitrogen and oxygen atoms in total. The summed E-state index contributed by atoms with van der Waals surface area (Å²) in [6.45, 7) is -0.643. The van der Waals surface area contributed by atoms with Crippen molar-refractivity contribution in [3.8, 4) is 0 Å². The van der Waals surface area contributed by atoms with Crippen LogP contribution in [0.1, 0.15) is 5.56 Å². The van der Waals surface area contributed by atoms with Crippen LogP contribution in [0.2, 0.25) is 0 Å². The smallest absolute Gasteiger partial charge is 0.187 e. The molecule has 2 fully saturated rings. The summed E-state index contributed by atoms with van der Waals surface area (Å²) >= 11 is 0. The zero-order valence-electron chi connectivity index (χ0n) is 15.1. The highest BCUT2D eigenvalue weighted by Gasteiger charge is 2.50. The molecule has 9 atom stereocenters. The van der Waals surface area contributed by atoms with Gasteiger partial charge in [0.1, 0.15) is 49.0 Å². The van der Waals surface area contributed by atoms with Gasteiger partial charge in [-0.15, -0.1) is 0 Å². The number of aliphatic hydroxyl groups is 6. The molecule has 0 radical (unpaired) electrons. The van der Waals surface area contributed by atoms with E-state index < -0.39 is 68.5 Å². The summed E-state index contributed by atoms with van der Waals surface area (Å²) in [4.78, 5) is 0. The lowest BCUT2D eigenvalue weighted by Gasteiger charge is -2.41. The van der Waals surface area contributed by atoms with Crippen LogP contribution in [0.25, 0.3) is 0 Å². The highest BCUT2D eigenvalue weighted by atomic mass is 16.7. The van der Waals surface area contributed by atoms with Crippen molar-refractivity contribution in [1.82, 2.24) is 5.32 Å². The summed E-state index contributed by atoms with van der Waals surface area (Å²) in [6, 6.07) is 9.45. The first kappa shape index (κ1) is 21.5. The molecule has 2 aliphatic heterocycles. The third-order valence-corrected chi connectivity index (χ3v) is 5.00. The fourth-order valence-electron chi connectivity index (χ4n) is 3.37. The van der Waals surface area contributed by atoms with Gasteiger partial charge in [-0.3, -0.25) is 5.32 Å². The van der Waals surface area contributed by atoms with Gasteiger partial charge in [0.15, 0.2) is 6.29 Å². The highest BCUT2D eigenvalue weighted by Crippen LogP contribution is 2.29. The Morgan fingerprint density at radius 3 is 2.14 bits per heavy atom.